The van der Waals surface area contributed by atoms with Crippen LogP contribution in [-0.2, 0) is 6.61 Å². The molecule has 1 saturated heterocycles. The molecule has 0 saturated carbocycles. The first kappa shape index (κ1) is 11.4. The van der Waals surface area contributed by atoms with Gasteiger partial charge in [-0.25, -0.2) is 4.39 Å². The Hall–Kier alpha value is -1.09. The predicted octanol–water partition coefficient (Wildman–Crippen LogP) is 2.55. The van der Waals surface area contributed by atoms with Crippen LogP contribution in [0.1, 0.15) is 25.8 Å². The molecule has 0 aliphatic carbocycles. The first-order valence-electron chi connectivity index (χ1n) is 5.66. The summed E-state index contributed by atoms with van der Waals surface area (Å²) in [7, 11) is 0. The van der Waals surface area contributed by atoms with Crippen LogP contribution in [0.4, 0.5) is 10.1 Å². The Balaban J connectivity index is 2.22. The van der Waals surface area contributed by atoms with E-state index in [0.717, 1.165) is 19.5 Å². The van der Waals surface area contributed by atoms with Crippen LogP contribution in [0, 0.1) is 11.2 Å². The normalized spacial score (nSPS) is 19.1. The molecule has 16 heavy (non-hydrogen) atoms. The van der Waals surface area contributed by atoms with Crippen molar-refractivity contribution in [3.63, 3.8) is 0 Å². The molecular weight excluding hydrogens is 205 g/mol. The molecule has 88 valence electrons. The average molecular weight is 223 g/mol. The molecule has 1 heterocycles. The van der Waals surface area contributed by atoms with Crippen molar-refractivity contribution < 1.29 is 9.50 Å². The highest BCUT2D eigenvalue weighted by atomic mass is 19.1. The molecular formula is C13H18FNO. The Labute approximate surface area is 95.7 Å². The van der Waals surface area contributed by atoms with E-state index in [4.69, 9.17) is 5.11 Å². The van der Waals surface area contributed by atoms with Gasteiger partial charge in [0.25, 0.3) is 0 Å². The van der Waals surface area contributed by atoms with Crippen molar-refractivity contribution in [2.24, 2.45) is 5.41 Å². The van der Waals surface area contributed by atoms with E-state index >= 15 is 0 Å². The molecule has 1 aromatic carbocycles. The van der Waals surface area contributed by atoms with Gasteiger partial charge in [0.1, 0.15) is 5.82 Å². The van der Waals surface area contributed by atoms with Gasteiger partial charge in [-0.15, -0.1) is 0 Å². The summed E-state index contributed by atoms with van der Waals surface area (Å²) in [6.07, 6.45) is 1.09. The van der Waals surface area contributed by atoms with Crippen LogP contribution in [-0.4, -0.2) is 18.2 Å². The van der Waals surface area contributed by atoms with Gasteiger partial charge in [0.15, 0.2) is 0 Å². The number of benzene rings is 1. The van der Waals surface area contributed by atoms with Gasteiger partial charge in [-0.2, -0.15) is 0 Å². The quantitative estimate of drug-likeness (QED) is 0.833. The average Bonchev–Trinajstić information content (AvgIpc) is 2.58. The minimum absolute atomic E-state index is 0.108. The molecule has 0 spiro atoms. The van der Waals surface area contributed by atoms with E-state index in [0.29, 0.717) is 11.3 Å². The summed E-state index contributed by atoms with van der Waals surface area (Å²) in [6.45, 7) is 6.09. The van der Waals surface area contributed by atoms with Crippen molar-refractivity contribution in [2.75, 3.05) is 18.0 Å². The van der Waals surface area contributed by atoms with Crippen LogP contribution >= 0.6 is 0 Å². The highest BCUT2D eigenvalue weighted by Crippen LogP contribution is 2.33. The molecule has 2 nitrogen and oxygen atoms in total. The summed E-state index contributed by atoms with van der Waals surface area (Å²) in [5.41, 5.74) is 1.55. The van der Waals surface area contributed by atoms with Gasteiger partial charge in [-0.05, 0) is 29.5 Å². The lowest BCUT2D eigenvalue weighted by atomic mass is 9.93. The number of hydrogen-bond donors (Lipinski definition) is 1. The number of rotatable bonds is 2. The van der Waals surface area contributed by atoms with Gasteiger partial charge in [-0.1, -0.05) is 19.9 Å². The van der Waals surface area contributed by atoms with Gasteiger partial charge in [0, 0.05) is 13.1 Å². The molecule has 1 fully saturated rings. The molecule has 1 N–H and O–H groups in total. The Bertz CT molecular complexity index is 390. The van der Waals surface area contributed by atoms with E-state index in [1.54, 1.807) is 12.1 Å². The molecule has 1 aliphatic rings. The lowest BCUT2D eigenvalue weighted by Gasteiger charge is -2.22. The summed E-state index contributed by atoms with van der Waals surface area (Å²) in [5, 5.41) is 8.92. The third kappa shape index (κ3) is 2.19. The molecule has 0 amide bonds. The maximum absolute atomic E-state index is 13.8. The van der Waals surface area contributed by atoms with Crippen LogP contribution in [0.15, 0.2) is 18.2 Å². The fourth-order valence-corrected chi connectivity index (χ4v) is 2.22. The number of aliphatic hydroxyl groups excluding tert-OH is 1. The minimum Gasteiger partial charge on any atom is -0.392 e. The van der Waals surface area contributed by atoms with E-state index in [1.165, 1.54) is 6.07 Å². The largest absolute Gasteiger partial charge is 0.392 e. The molecule has 0 atom stereocenters. The van der Waals surface area contributed by atoms with Gasteiger partial charge in [0.2, 0.25) is 0 Å². The lowest BCUT2D eigenvalue weighted by molar-refractivity contribution is 0.281. The maximum Gasteiger partial charge on any atom is 0.146 e. The Kier molecular flexibility index (Phi) is 2.89. The monoisotopic (exact) mass is 223 g/mol. The molecule has 0 radical (unpaired) electrons. The molecule has 2 rings (SSSR count). The lowest BCUT2D eigenvalue weighted by Crippen LogP contribution is -2.23. The van der Waals surface area contributed by atoms with Crippen LogP contribution in [0.2, 0.25) is 0 Å². The zero-order valence-electron chi connectivity index (χ0n) is 9.83. The fourth-order valence-electron chi connectivity index (χ4n) is 2.22. The number of aliphatic hydroxyl groups is 1. The van der Waals surface area contributed by atoms with Gasteiger partial charge in [-0.3, -0.25) is 0 Å². The van der Waals surface area contributed by atoms with Crippen LogP contribution in [0.5, 0.6) is 0 Å². The first-order chi connectivity index (χ1) is 7.52. The fraction of sp³-hybridized carbons (Fsp3) is 0.538. The molecule has 1 aliphatic heterocycles. The third-order valence-electron chi connectivity index (χ3n) is 3.21. The zero-order chi connectivity index (χ0) is 11.8. The smallest absolute Gasteiger partial charge is 0.146 e. The summed E-state index contributed by atoms with van der Waals surface area (Å²) >= 11 is 0. The van der Waals surface area contributed by atoms with Crippen LogP contribution in [0.3, 0.4) is 0 Å². The summed E-state index contributed by atoms with van der Waals surface area (Å²) in [5.74, 6) is -0.232. The van der Waals surface area contributed by atoms with Crippen molar-refractivity contribution >= 4 is 5.69 Å². The first-order valence-corrected chi connectivity index (χ1v) is 5.66. The van der Waals surface area contributed by atoms with Crippen molar-refractivity contribution in [1.29, 1.82) is 0 Å². The minimum atomic E-state index is -0.232. The third-order valence-corrected chi connectivity index (χ3v) is 3.21. The van der Waals surface area contributed by atoms with Gasteiger partial charge in [0.05, 0.1) is 12.3 Å². The number of hydrogen-bond acceptors (Lipinski definition) is 2. The zero-order valence-corrected chi connectivity index (χ0v) is 9.83. The molecule has 0 aromatic heterocycles. The number of anilines is 1. The Morgan fingerprint density at radius 1 is 1.44 bits per heavy atom. The second kappa shape index (κ2) is 4.06. The van der Waals surface area contributed by atoms with Crippen molar-refractivity contribution in [2.45, 2.75) is 26.9 Å². The van der Waals surface area contributed by atoms with Gasteiger partial charge >= 0.3 is 0 Å². The van der Waals surface area contributed by atoms with Crippen molar-refractivity contribution in [3.8, 4) is 0 Å². The van der Waals surface area contributed by atoms with E-state index < -0.39 is 0 Å². The maximum atomic E-state index is 13.8. The second-order valence-electron chi connectivity index (χ2n) is 5.28. The van der Waals surface area contributed by atoms with Crippen LogP contribution < -0.4 is 4.90 Å². The molecule has 3 heteroatoms. The standard InChI is InChI=1S/C13H18FNO/c1-13(2)5-6-15(9-13)12-4-3-10(8-16)7-11(12)14/h3-4,7,16H,5-6,8-9H2,1-2H3. The molecule has 1 aromatic rings. The topological polar surface area (TPSA) is 23.5 Å². The highest BCUT2D eigenvalue weighted by Gasteiger charge is 2.30. The predicted molar refractivity (Wildman–Crippen MR) is 62.9 cm³/mol. The van der Waals surface area contributed by atoms with Gasteiger partial charge < -0.3 is 10.0 Å². The van der Waals surface area contributed by atoms with Crippen molar-refractivity contribution in [1.82, 2.24) is 0 Å². The van der Waals surface area contributed by atoms with E-state index in [1.807, 2.05) is 0 Å². The van der Waals surface area contributed by atoms with E-state index in [9.17, 15) is 4.39 Å². The highest BCUT2D eigenvalue weighted by molar-refractivity contribution is 5.50. The van der Waals surface area contributed by atoms with Crippen molar-refractivity contribution in [3.05, 3.63) is 29.6 Å². The molecule has 0 unspecified atom stereocenters. The SMILES string of the molecule is CC1(C)CCN(c2ccc(CO)cc2F)C1. The molecule has 0 bridgehead atoms. The van der Waals surface area contributed by atoms with E-state index in [-0.39, 0.29) is 17.8 Å². The second-order valence-corrected chi connectivity index (χ2v) is 5.28. The number of halogens is 1. The van der Waals surface area contributed by atoms with E-state index in [2.05, 4.69) is 18.7 Å². The Morgan fingerprint density at radius 3 is 2.69 bits per heavy atom. The Morgan fingerprint density at radius 2 is 2.19 bits per heavy atom. The number of nitrogens with zero attached hydrogens (tertiary/aromatic N) is 1. The van der Waals surface area contributed by atoms with Crippen LogP contribution in [0.25, 0.3) is 0 Å². The summed E-state index contributed by atoms with van der Waals surface area (Å²) in [4.78, 5) is 2.08. The summed E-state index contributed by atoms with van der Waals surface area (Å²) in [6, 6.07) is 4.96. The summed E-state index contributed by atoms with van der Waals surface area (Å²) < 4.78 is 13.8.